The number of aromatic nitrogens is 1. The molecule has 6 nitrogen and oxygen atoms in total. The number of aryl methyl sites for hydroxylation is 1. The molecule has 0 aromatic carbocycles. The third kappa shape index (κ3) is 3.52. The fourth-order valence-electron chi connectivity index (χ4n) is 2.07. The van der Waals surface area contributed by atoms with Crippen LogP contribution in [0, 0.1) is 6.92 Å². The second-order valence-corrected chi connectivity index (χ2v) is 7.80. The van der Waals surface area contributed by atoms with Crippen LogP contribution in [0.15, 0.2) is 27.1 Å². The topological polar surface area (TPSA) is 84.2 Å². The van der Waals surface area contributed by atoms with Crippen molar-refractivity contribution in [3.63, 3.8) is 0 Å². The molecule has 0 amide bonds. The Morgan fingerprint density at radius 3 is 2.90 bits per heavy atom. The van der Waals surface area contributed by atoms with Crippen LogP contribution in [-0.4, -0.2) is 19.6 Å². The fraction of sp³-hybridized carbons (Fsp3) is 0.462. The highest BCUT2D eigenvalue weighted by molar-refractivity contribution is 7.89. The van der Waals surface area contributed by atoms with Crippen LogP contribution in [0.2, 0.25) is 0 Å². The zero-order valence-electron chi connectivity index (χ0n) is 11.6. The number of hydrogen-bond donors (Lipinski definition) is 2. The van der Waals surface area contributed by atoms with Crippen LogP contribution in [0.5, 0.6) is 0 Å². The molecule has 0 saturated heterocycles. The Morgan fingerprint density at radius 2 is 2.24 bits per heavy atom. The summed E-state index contributed by atoms with van der Waals surface area (Å²) in [6.45, 7) is 2.52. The predicted molar refractivity (Wildman–Crippen MR) is 79.4 cm³/mol. The summed E-state index contributed by atoms with van der Waals surface area (Å²) in [6.07, 6.45) is 3.84. The van der Waals surface area contributed by atoms with Gasteiger partial charge in [0.2, 0.25) is 10.0 Å². The molecule has 1 saturated carbocycles. The first-order valence-corrected chi connectivity index (χ1v) is 9.12. The predicted octanol–water partition coefficient (Wildman–Crippen LogP) is 1.78. The second kappa shape index (κ2) is 5.88. The van der Waals surface area contributed by atoms with E-state index in [2.05, 4.69) is 15.2 Å². The van der Waals surface area contributed by atoms with E-state index >= 15 is 0 Å². The smallest absolute Gasteiger partial charge is 0.242 e. The number of thiophene rings is 1. The van der Waals surface area contributed by atoms with Crippen LogP contribution < -0.4 is 10.0 Å². The average molecular weight is 327 g/mol. The number of nitrogens with one attached hydrogen (secondary N) is 2. The van der Waals surface area contributed by atoms with Crippen molar-refractivity contribution in [1.82, 2.24) is 15.2 Å². The summed E-state index contributed by atoms with van der Waals surface area (Å²) < 4.78 is 32.5. The van der Waals surface area contributed by atoms with Crippen molar-refractivity contribution in [3.8, 4) is 0 Å². The van der Waals surface area contributed by atoms with Gasteiger partial charge in [0.25, 0.3) is 0 Å². The van der Waals surface area contributed by atoms with Gasteiger partial charge in [-0.05, 0) is 30.7 Å². The Morgan fingerprint density at radius 1 is 1.43 bits per heavy atom. The second-order valence-electron chi connectivity index (χ2n) is 5.13. The van der Waals surface area contributed by atoms with Crippen molar-refractivity contribution in [3.05, 3.63) is 33.8 Å². The maximum Gasteiger partial charge on any atom is 0.242 e. The van der Waals surface area contributed by atoms with Crippen LogP contribution in [-0.2, 0) is 23.1 Å². The van der Waals surface area contributed by atoms with Gasteiger partial charge in [-0.15, -0.1) is 11.3 Å². The summed E-state index contributed by atoms with van der Waals surface area (Å²) in [5, 5.41) is 8.80. The highest BCUT2D eigenvalue weighted by Crippen LogP contribution is 2.28. The van der Waals surface area contributed by atoms with Gasteiger partial charge in [0, 0.05) is 23.5 Å². The molecule has 21 heavy (non-hydrogen) atoms. The first-order chi connectivity index (χ1) is 10.1. The van der Waals surface area contributed by atoms with Crippen molar-refractivity contribution in [2.75, 3.05) is 0 Å². The highest BCUT2D eigenvalue weighted by atomic mass is 32.2. The molecule has 3 rings (SSSR count). The minimum atomic E-state index is -3.55. The summed E-state index contributed by atoms with van der Waals surface area (Å²) in [5.74, 6) is 0.490. The molecule has 114 valence electrons. The standard InChI is InChI=1S/C13H17N3O3S2/c1-9-8-20-12(7-14-10-2-3-10)13(9)21(17,18)16-6-11-4-5-15-19-11/h4-5,8,10,14,16H,2-3,6-7H2,1H3. The summed E-state index contributed by atoms with van der Waals surface area (Å²) in [7, 11) is -3.55. The van der Waals surface area contributed by atoms with Crippen LogP contribution in [0.1, 0.15) is 29.0 Å². The van der Waals surface area contributed by atoms with Gasteiger partial charge in [-0.3, -0.25) is 0 Å². The van der Waals surface area contributed by atoms with Crippen LogP contribution in [0.3, 0.4) is 0 Å². The van der Waals surface area contributed by atoms with E-state index in [1.165, 1.54) is 30.4 Å². The normalized spacial score (nSPS) is 15.5. The maximum atomic E-state index is 12.5. The minimum absolute atomic E-state index is 0.104. The Labute approximate surface area is 127 Å². The minimum Gasteiger partial charge on any atom is -0.360 e. The largest absolute Gasteiger partial charge is 0.360 e. The van der Waals surface area contributed by atoms with Crippen LogP contribution in [0.4, 0.5) is 0 Å². The number of hydrogen-bond acceptors (Lipinski definition) is 6. The Balaban J connectivity index is 1.75. The van der Waals surface area contributed by atoms with Crippen molar-refractivity contribution >= 4 is 21.4 Å². The van der Waals surface area contributed by atoms with Crippen molar-refractivity contribution < 1.29 is 12.9 Å². The molecule has 2 aromatic heterocycles. The molecule has 0 atom stereocenters. The van der Waals surface area contributed by atoms with Gasteiger partial charge in [-0.25, -0.2) is 13.1 Å². The van der Waals surface area contributed by atoms with E-state index < -0.39 is 10.0 Å². The number of sulfonamides is 1. The monoisotopic (exact) mass is 327 g/mol. The molecule has 2 heterocycles. The molecule has 0 spiro atoms. The van der Waals surface area contributed by atoms with Crippen LogP contribution in [0.25, 0.3) is 0 Å². The van der Waals surface area contributed by atoms with Gasteiger partial charge < -0.3 is 9.84 Å². The zero-order chi connectivity index (χ0) is 14.9. The maximum absolute atomic E-state index is 12.5. The van der Waals surface area contributed by atoms with Crippen molar-refractivity contribution in [1.29, 1.82) is 0 Å². The molecule has 8 heteroatoms. The first kappa shape index (κ1) is 14.7. The lowest BCUT2D eigenvalue weighted by Crippen LogP contribution is -2.25. The lowest BCUT2D eigenvalue weighted by Gasteiger charge is -2.08. The molecule has 2 N–H and O–H groups in total. The molecule has 1 aliphatic carbocycles. The Kier molecular flexibility index (Phi) is 4.12. The van der Waals surface area contributed by atoms with E-state index in [-0.39, 0.29) is 6.54 Å². The molecule has 2 aromatic rings. The molecule has 1 aliphatic rings. The van der Waals surface area contributed by atoms with Gasteiger partial charge in [0.15, 0.2) is 5.76 Å². The van der Waals surface area contributed by atoms with Crippen LogP contribution >= 0.6 is 11.3 Å². The molecular weight excluding hydrogens is 310 g/mol. The lowest BCUT2D eigenvalue weighted by atomic mass is 10.3. The number of rotatable bonds is 7. The van der Waals surface area contributed by atoms with Gasteiger partial charge in [0.05, 0.1) is 12.7 Å². The third-order valence-corrected chi connectivity index (χ3v) is 6.18. The fourth-order valence-corrected chi connectivity index (χ4v) is 4.82. The Hall–Kier alpha value is -1.22. The molecule has 0 bridgehead atoms. The molecule has 1 fully saturated rings. The van der Waals surface area contributed by atoms with Crippen molar-refractivity contribution in [2.24, 2.45) is 0 Å². The summed E-state index contributed by atoms with van der Waals surface area (Å²) in [4.78, 5) is 1.24. The van der Waals surface area contributed by atoms with E-state index in [4.69, 9.17) is 4.52 Å². The quantitative estimate of drug-likeness (QED) is 0.810. The van der Waals surface area contributed by atoms with E-state index in [9.17, 15) is 8.42 Å². The molecular formula is C13H17N3O3S2. The summed E-state index contributed by atoms with van der Waals surface area (Å²) in [5.41, 5.74) is 0.776. The van der Waals surface area contributed by atoms with Gasteiger partial charge >= 0.3 is 0 Å². The van der Waals surface area contributed by atoms with E-state index in [1.807, 2.05) is 12.3 Å². The van der Waals surface area contributed by atoms with Gasteiger partial charge in [0.1, 0.15) is 4.90 Å². The molecule has 0 unspecified atom stereocenters. The van der Waals surface area contributed by atoms with Gasteiger partial charge in [-0.2, -0.15) is 0 Å². The summed E-state index contributed by atoms with van der Waals surface area (Å²) >= 11 is 1.48. The average Bonchev–Trinajstić information content (AvgIpc) is 2.97. The van der Waals surface area contributed by atoms with E-state index in [1.54, 1.807) is 6.07 Å². The SMILES string of the molecule is Cc1csc(CNC2CC2)c1S(=O)(=O)NCc1ccno1. The first-order valence-electron chi connectivity index (χ1n) is 6.76. The number of nitrogens with zero attached hydrogens (tertiary/aromatic N) is 1. The molecule has 0 radical (unpaired) electrons. The molecule has 0 aliphatic heterocycles. The van der Waals surface area contributed by atoms with E-state index in [0.717, 1.165) is 10.4 Å². The zero-order valence-corrected chi connectivity index (χ0v) is 13.3. The highest BCUT2D eigenvalue weighted by Gasteiger charge is 2.25. The Bertz CT molecular complexity index is 703. The van der Waals surface area contributed by atoms with Gasteiger partial charge in [-0.1, -0.05) is 5.16 Å². The summed E-state index contributed by atoms with van der Waals surface area (Å²) in [6, 6.07) is 2.18. The third-order valence-electron chi connectivity index (χ3n) is 3.31. The van der Waals surface area contributed by atoms with E-state index in [0.29, 0.717) is 23.2 Å². The lowest BCUT2D eigenvalue weighted by molar-refractivity contribution is 0.380. The van der Waals surface area contributed by atoms with Crippen molar-refractivity contribution in [2.45, 2.75) is 43.8 Å².